The van der Waals surface area contributed by atoms with Gasteiger partial charge in [-0.05, 0) is 54.3 Å². The molecule has 0 amide bonds. The average molecular weight is 729 g/mol. The Morgan fingerprint density at radius 1 is 0.302 bits per heavy atom. The van der Waals surface area contributed by atoms with Gasteiger partial charge in [0, 0.05) is 16.2 Å². The van der Waals surface area contributed by atoms with Crippen LogP contribution in [0.15, 0.2) is 42.5 Å². The summed E-state index contributed by atoms with van der Waals surface area (Å²) in [6, 6.07) is 15.3. The molecule has 0 atom stereocenters. The Hall–Kier alpha value is -3.34. The highest BCUT2D eigenvalue weighted by molar-refractivity contribution is 6.30. The minimum absolute atomic E-state index is 0.603. The predicted molar refractivity (Wildman–Crippen MR) is 227 cm³/mol. The lowest BCUT2D eigenvalue weighted by Gasteiger charge is -2.25. The number of rotatable bonds is 30. The Balaban J connectivity index is 2.04. The van der Waals surface area contributed by atoms with E-state index in [9.17, 15) is 0 Å². The summed E-state index contributed by atoms with van der Waals surface area (Å²) in [5.41, 5.74) is 0. The lowest BCUT2D eigenvalue weighted by Crippen LogP contribution is -2.10. The zero-order chi connectivity index (χ0) is 37.5. The second-order valence-electron chi connectivity index (χ2n) is 14.8. The van der Waals surface area contributed by atoms with Gasteiger partial charge in [0.2, 0.25) is 11.5 Å². The first-order valence-corrected chi connectivity index (χ1v) is 21.8. The standard InChI is InChI=1S/C48H72O5/c1-6-11-16-23-33-49-41-32-28-31-39-38-29-21-22-30-40(38)43-44(42(39)41)46(51-35-25-18-13-8-3)48(53-37-27-20-15-10-5)47(52-36-26-19-14-9-4)45(43)50-34-24-17-12-7-2/h21-22,28-32H,6-20,23-27,33-37H2,1-5H3. The zero-order valence-electron chi connectivity index (χ0n) is 34.3. The molecule has 0 heterocycles. The highest BCUT2D eigenvalue weighted by atomic mass is 16.6. The van der Waals surface area contributed by atoms with E-state index in [4.69, 9.17) is 23.7 Å². The van der Waals surface area contributed by atoms with E-state index >= 15 is 0 Å². The van der Waals surface area contributed by atoms with E-state index in [1.807, 2.05) is 0 Å². The normalized spacial score (nSPS) is 11.5. The molecule has 0 aliphatic heterocycles. The number of hydrogen-bond acceptors (Lipinski definition) is 5. The summed E-state index contributed by atoms with van der Waals surface area (Å²) in [5.74, 6) is 3.84. The Bertz CT molecular complexity index is 1610. The van der Waals surface area contributed by atoms with Crippen molar-refractivity contribution in [2.45, 2.75) is 163 Å². The van der Waals surface area contributed by atoms with Crippen molar-refractivity contribution in [2.75, 3.05) is 33.0 Å². The minimum atomic E-state index is 0.603. The third-order valence-corrected chi connectivity index (χ3v) is 10.3. The van der Waals surface area contributed by atoms with Crippen LogP contribution in [0, 0.1) is 0 Å². The van der Waals surface area contributed by atoms with Gasteiger partial charge < -0.3 is 23.7 Å². The SMILES string of the molecule is CCCCCCOc1c(OCCCCCC)c(OCCCCCC)c2c3c(OCCCCCC)cccc3c3ccccc3c2c1OCCCCCC. The fraction of sp³-hybridized carbons (Fsp3) is 0.625. The maximum Gasteiger partial charge on any atom is 0.208 e. The summed E-state index contributed by atoms with van der Waals surface area (Å²) in [6.07, 6.45) is 22.7. The largest absolute Gasteiger partial charge is 0.493 e. The van der Waals surface area contributed by atoms with Gasteiger partial charge in [0.1, 0.15) is 5.75 Å². The first-order valence-electron chi connectivity index (χ1n) is 21.8. The summed E-state index contributed by atoms with van der Waals surface area (Å²) in [7, 11) is 0. The van der Waals surface area contributed by atoms with Crippen molar-refractivity contribution in [3.05, 3.63) is 42.5 Å². The second kappa shape index (κ2) is 24.9. The average Bonchev–Trinajstić information content (AvgIpc) is 3.18. The van der Waals surface area contributed by atoms with E-state index in [1.54, 1.807) is 0 Å². The molecule has 0 unspecified atom stereocenters. The Morgan fingerprint density at radius 2 is 0.660 bits per heavy atom. The quantitative estimate of drug-likeness (QED) is 0.0395. The first-order chi connectivity index (χ1) is 26.2. The highest BCUT2D eigenvalue weighted by Gasteiger charge is 2.29. The number of benzene rings is 4. The molecule has 5 heteroatoms. The molecule has 0 radical (unpaired) electrons. The number of hydrogen-bond donors (Lipinski definition) is 0. The van der Waals surface area contributed by atoms with Crippen molar-refractivity contribution >= 4 is 32.3 Å². The van der Waals surface area contributed by atoms with E-state index in [-0.39, 0.29) is 0 Å². The van der Waals surface area contributed by atoms with Crippen LogP contribution in [0.25, 0.3) is 32.3 Å². The van der Waals surface area contributed by atoms with Crippen LogP contribution >= 0.6 is 0 Å². The molecule has 4 rings (SSSR count). The molecular weight excluding hydrogens is 657 g/mol. The summed E-state index contributed by atoms with van der Waals surface area (Å²) >= 11 is 0. The molecule has 0 N–H and O–H groups in total. The molecule has 0 bridgehead atoms. The lowest BCUT2D eigenvalue weighted by atomic mass is 9.92. The maximum atomic E-state index is 7.03. The van der Waals surface area contributed by atoms with Gasteiger partial charge >= 0.3 is 0 Å². The van der Waals surface area contributed by atoms with Crippen molar-refractivity contribution < 1.29 is 23.7 Å². The third kappa shape index (κ3) is 12.3. The highest BCUT2D eigenvalue weighted by Crippen LogP contribution is 2.57. The fourth-order valence-electron chi connectivity index (χ4n) is 7.29. The van der Waals surface area contributed by atoms with Gasteiger partial charge in [0.15, 0.2) is 11.5 Å². The fourth-order valence-corrected chi connectivity index (χ4v) is 7.29. The minimum Gasteiger partial charge on any atom is -0.493 e. The van der Waals surface area contributed by atoms with Crippen LogP contribution in [0.2, 0.25) is 0 Å². The second-order valence-corrected chi connectivity index (χ2v) is 14.8. The van der Waals surface area contributed by atoms with Gasteiger partial charge in [0.25, 0.3) is 0 Å². The molecule has 0 aliphatic carbocycles. The molecule has 0 saturated heterocycles. The summed E-state index contributed by atoms with van der Waals surface area (Å²) in [4.78, 5) is 0. The molecule has 0 spiro atoms. The number of fused-ring (bicyclic) bond motifs is 6. The summed E-state index contributed by atoms with van der Waals surface area (Å²) in [6.45, 7) is 14.4. The van der Waals surface area contributed by atoms with E-state index in [2.05, 4.69) is 77.1 Å². The van der Waals surface area contributed by atoms with Gasteiger partial charge in [0.05, 0.1) is 33.0 Å². The smallest absolute Gasteiger partial charge is 0.208 e. The van der Waals surface area contributed by atoms with E-state index in [1.165, 1.54) is 76.0 Å². The molecule has 0 saturated carbocycles. The molecule has 53 heavy (non-hydrogen) atoms. The van der Waals surface area contributed by atoms with Gasteiger partial charge in [-0.3, -0.25) is 0 Å². The van der Waals surface area contributed by atoms with Gasteiger partial charge in [-0.25, -0.2) is 0 Å². The monoisotopic (exact) mass is 729 g/mol. The molecule has 0 fully saturated rings. The Labute approximate surface area is 322 Å². The summed E-state index contributed by atoms with van der Waals surface area (Å²) in [5, 5.41) is 6.60. The number of unbranched alkanes of at least 4 members (excludes halogenated alkanes) is 15. The molecule has 4 aromatic rings. The molecule has 5 nitrogen and oxygen atoms in total. The Morgan fingerprint density at radius 3 is 1.11 bits per heavy atom. The molecule has 0 aromatic heterocycles. The zero-order valence-corrected chi connectivity index (χ0v) is 34.3. The van der Waals surface area contributed by atoms with Crippen LogP contribution in [0.1, 0.15) is 163 Å². The maximum absolute atomic E-state index is 7.03. The number of ether oxygens (including phenoxy) is 5. The third-order valence-electron chi connectivity index (χ3n) is 10.3. The molecular formula is C48H72O5. The van der Waals surface area contributed by atoms with E-state index < -0.39 is 0 Å². The lowest BCUT2D eigenvalue weighted by molar-refractivity contribution is 0.222. The van der Waals surface area contributed by atoms with Crippen LogP contribution in [0.4, 0.5) is 0 Å². The van der Waals surface area contributed by atoms with Crippen molar-refractivity contribution in [1.29, 1.82) is 0 Å². The van der Waals surface area contributed by atoms with Crippen molar-refractivity contribution in [3.8, 4) is 28.7 Å². The van der Waals surface area contributed by atoms with Crippen LogP contribution in [-0.2, 0) is 0 Å². The van der Waals surface area contributed by atoms with E-state index in [0.717, 1.165) is 102 Å². The van der Waals surface area contributed by atoms with Gasteiger partial charge in [-0.2, -0.15) is 0 Å². The van der Waals surface area contributed by atoms with Crippen molar-refractivity contribution in [1.82, 2.24) is 0 Å². The molecule has 4 aromatic carbocycles. The van der Waals surface area contributed by atoms with Crippen LogP contribution in [-0.4, -0.2) is 33.0 Å². The van der Waals surface area contributed by atoms with Crippen LogP contribution < -0.4 is 23.7 Å². The topological polar surface area (TPSA) is 46.2 Å². The molecule has 294 valence electrons. The van der Waals surface area contributed by atoms with Crippen LogP contribution in [0.5, 0.6) is 28.7 Å². The van der Waals surface area contributed by atoms with E-state index in [0.29, 0.717) is 44.5 Å². The van der Waals surface area contributed by atoms with Crippen molar-refractivity contribution in [3.63, 3.8) is 0 Å². The molecule has 0 aliphatic rings. The predicted octanol–water partition coefficient (Wildman–Crippen LogP) is 14.9. The van der Waals surface area contributed by atoms with Gasteiger partial charge in [-0.1, -0.05) is 167 Å². The first kappa shape index (κ1) is 42.4. The van der Waals surface area contributed by atoms with Crippen molar-refractivity contribution in [2.24, 2.45) is 0 Å². The van der Waals surface area contributed by atoms with Crippen LogP contribution in [0.3, 0.4) is 0 Å². The Kier molecular flexibility index (Phi) is 19.9. The van der Waals surface area contributed by atoms with Gasteiger partial charge in [-0.15, -0.1) is 0 Å². The summed E-state index contributed by atoms with van der Waals surface area (Å²) < 4.78 is 34.6.